The van der Waals surface area contributed by atoms with Gasteiger partial charge in [0.15, 0.2) is 0 Å². The highest BCUT2D eigenvalue weighted by Crippen LogP contribution is 2.36. The highest BCUT2D eigenvalue weighted by molar-refractivity contribution is 7.17. The number of hydrogen-bond donors (Lipinski definition) is 0. The van der Waals surface area contributed by atoms with Crippen LogP contribution in [0.15, 0.2) is 29.6 Å². The summed E-state index contributed by atoms with van der Waals surface area (Å²) in [7, 11) is 2.24. The van der Waals surface area contributed by atoms with Gasteiger partial charge in [-0.3, -0.25) is 0 Å². The van der Waals surface area contributed by atoms with Crippen LogP contribution in [0.1, 0.15) is 31.2 Å². The Hall–Kier alpha value is -0.860. The second-order valence-electron chi connectivity index (χ2n) is 5.24. The van der Waals surface area contributed by atoms with Crippen LogP contribution in [0.3, 0.4) is 0 Å². The number of likely N-dealkylation sites (tertiary alicyclic amines) is 1. The van der Waals surface area contributed by atoms with E-state index in [4.69, 9.17) is 0 Å². The van der Waals surface area contributed by atoms with Crippen molar-refractivity contribution in [3.05, 3.63) is 35.2 Å². The predicted octanol–water partition coefficient (Wildman–Crippen LogP) is 4.10. The molecular formula is C15H19NS. The minimum Gasteiger partial charge on any atom is -0.304 e. The van der Waals surface area contributed by atoms with Gasteiger partial charge in [0.05, 0.1) is 0 Å². The van der Waals surface area contributed by atoms with Gasteiger partial charge < -0.3 is 4.90 Å². The van der Waals surface area contributed by atoms with Crippen molar-refractivity contribution >= 4 is 21.4 Å². The molecule has 3 rings (SSSR count). The quantitative estimate of drug-likeness (QED) is 0.731. The van der Waals surface area contributed by atoms with Crippen molar-refractivity contribution in [1.82, 2.24) is 4.90 Å². The average Bonchev–Trinajstić information content (AvgIpc) is 2.80. The molecule has 1 aromatic carbocycles. The first-order chi connectivity index (χ1) is 8.25. The predicted molar refractivity (Wildman–Crippen MR) is 75.9 cm³/mol. The van der Waals surface area contributed by atoms with Crippen LogP contribution in [-0.4, -0.2) is 24.5 Å². The Morgan fingerprint density at radius 2 is 2.18 bits per heavy atom. The molecule has 1 fully saturated rings. The van der Waals surface area contributed by atoms with Crippen molar-refractivity contribution in [2.45, 2.75) is 31.7 Å². The Balaban J connectivity index is 1.96. The lowest BCUT2D eigenvalue weighted by Gasteiger charge is -2.35. The molecule has 2 unspecified atom stereocenters. The highest BCUT2D eigenvalue weighted by atomic mass is 32.1. The van der Waals surface area contributed by atoms with Gasteiger partial charge in [0.2, 0.25) is 0 Å². The van der Waals surface area contributed by atoms with Crippen LogP contribution in [0.5, 0.6) is 0 Å². The normalized spacial score (nSPS) is 26.5. The third kappa shape index (κ3) is 2.00. The van der Waals surface area contributed by atoms with Crippen molar-refractivity contribution in [1.29, 1.82) is 0 Å². The number of piperidine rings is 1. The minimum absolute atomic E-state index is 0.712. The molecule has 1 nitrogen and oxygen atoms in total. The standard InChI is InChI=1S/C15H19NS/c1-11-10-13(6-8-16(11)2)14-5-3-4-12-7-9-17-15(12)14/h3-5,7,9,11,13H,6,8,10H2,1-2H3. The summed E-state index contributed by atoms with van der Waals surface area (Å²) in [5.74, 6) is 0.753. The van der Waals surface area contributed by atoms with Gasteiger partial charge in [0.25, 0.3) is 0 Å². The van der Waals surface area contributed by atoms with Crippen LogP contribution in [0.4, 0.5) is 0 Å². The van der Waals surface area contributed by atoms with Gasteiger partial charge in [-0.15, -0.1) is 11.3 Å². The summed E-state index contributed by atoms with van der Waals surface area (Å²) < 4.78 is 1.51. The smallest absolute Gasteiger partial charge is 0.0377 e. The van der Waals surface area contributed by atoms with E-state index in [9.17, 15) is 0 Å². The number of rotatable bonds is 1. The Labute approximate surface area is 107 Å². The van der Waals surface area contributed by atoms with E-state index in [1.165, 1.54) is 29.5 Å². The lowest BCUT2D eigenvalue weighted by atomic mass is 9.86. The van der Waals surface area contributed by atoms with E-state index in [2.05, 4.69) is 48.5 Å². The molecule has 2 heterocycles. The van der Waals surface area contributed by atoms with Crippen LogP contribution < -0.4 is 0 Å². The Morgan fingerprint density at radius 1 is 1.29 bits per heavy atom. The zero-order valence-corrected chi connectivity index (χ0v) is 11.3. The number of nitrogens with zero attached hydrogens (tertiary/aromatic N) is 1. The van der Waals surface area contributed by atoms with Crippen molar-refractivity contribution in [2.75, 3.05) is 13.6 Å². The first-order valence-corrected chi connectivity index (χ1v) is 7.30. The molecule has 1 aliphatic heterocycles. The van der Waals surface area contributed by atoms with Gasteiger partial charge in [-0.1, -0.05) is 18.2 Å². The van der Waals surface area contributed by atoms with Crippen molar-refractivity contribution in [3.63, 3.8) is 0 Å². The first-order valence-electron chi connectivity index (χ1n) is 6.42. The summed E-state index contributed by atoms with van der Waals surface area (Å²) >= 11 is 1.90. The molecule has 1 aliphatic rings. The highest BCUT2D eigenvalue weighted by Gasteiger charge is 2.25. The average molecular weight is 245 g/mol. The number of benzene rings is 1. The summed E-state index contributed by atoms with van der Waals surface area (Å²) in [6.07, 6.45) is 2.60. The lowest BCUT2D eigenvalue weighted by molar-refractivity contribution is 0.183. The van der Waals surface area contributed by atoms with Gasteiger partial charge in [-0.25, -0.2) is 0 Å². The molecule has 2 aromatic rings. The molecule has 0 bridgehead atoms. The van der Waals surface area contributed by atoms with E-state index in [1.54, 1.807) is 5.56 Å². The topological polar surface area (TPSA) is 3.24 Å². The minimum atomic E-state index is 0.712. The first kappa shape index (κ1) is 11.2. The van der Waals surface area contributed by atoms with Gasteiger partial charge in [-0.2, -0.15) is 0 Å². The van der Waals surface area contributed by atoms with E-state index in [0.717, 1.165) is 5.92 Å². The summed E-state index contributed by atoms with van der Waals surface area (Å²) in [4.78, 5) is 2.48. The third-order valence-electron chi connectivity index (χ3n) is 4.16. The molecule has 17 heavy (non-hydrogen) atoms. The number of thiophene rings is 1. The third-order valence-corrected chi connectivity index (χ3v) is 5.14. The molecule has 2 heteroatoms. The van der Waals surface area contributed by atoms with E-state index < -0.39 is 0 Å². The maximum atomic E-state index is 2.48. The van der Waals surface area contributed by atoms with Crippen molar-refractivity contribution in [2.24, 2.45) is 0 Å². The van der Waals surface area contributed by atoms with Crippen LogP contribution >= 0.6 is 11.3 Å². The van der Waals surface area contributed by atoms with Crippen LogP contribution in [0, 0.1) is 0 Å². The monoisotopic (exact) mass is 245 g/mol. The fraction of sp³-hybridized carbons (Fsp3) is 0.467. The Kier molecular flexibility index (Phi) is 2.93. The van der Waals surface area contributed by atoms with E-state index in [0.29, 0.717) is 6.04 Å². The van der Waals surface area contributed by atoms with Crippen LogP contribution in [0.25, 0.3) is 10.1 Å². The SMILES string of the molecule is CC1CC(c2cccc3ccsc23)CCN1C. The van der Waals surface area contributed by atoms with Gasteiger partial charge >= 0.3 is 0 Å². The molecule has 0 radical (unpaired) electrons. The number of fused-ring (bicyclic) bond motifs is 1. The van der Waals surface area contributed by atoms with Crippen LogP contribution in [-0.2, 0) is 0 Å². The molecule has 90 valence electrons. The summed E-state index contributed by atoms with van der Waals surface area (Å²) in [5.41, 5.74) is 1.58. The molecule has 2 atom stereocenters. The zero-order chi connectivity index (χ0) is 11.8. The summed E-state index contributed by atoms with van der Waals surface area (Å²) in [6.45, 7) is 3.58. The second kappa shape index (κ2) is 4.43. The largest absolute Gasteiger partial charge is 0.304 e. The lowest BCUT2D eigenvalue weighted by Crippen LogP contribution is -2.36. The fourth-order valence-corrected chi connectivity index (χ4v) is 3.90. The summed E-state index contributed by atoms with van der Waals surface area (Å²) in [5, 5.41) is 3.63. The molecule has 0 aliphatic carbocycles. The van der Waals surface area contributed by atoms with E-state index in [1.807, 2.05) is 11.3 Å². The van der Waals surface area contributed by atoms with E-state index in [-0.39, 0.29) is 0 Å². The molecule has 1 aromatic heterocycles. The number of hydrogen-bond acceptors (Lipinski definition) is 2. The molecular weight excluding hydrogens is 226 g/mol. The van der Waals surface area contributed by atoms with Crippen molar-refractivity contribution < 1.29 is 0 Å². The maximum Gasteiger partial charge on any atom is 0.0377 e. The molecule has 0 amide bonds. The van der Waals surface area contributed by atoms with Gasteiger partial charge in [0.1, 0.15) is 0 Å². The summed E-state index contributed by atoms with van der Waals surface area (Å²) in [6, 6.07) is 9.73. The Morgan fingerprint density at radius 3 is 3.00 bits per heavy atom. The fourth-order valence-electron chi connectivity index (χ4n) is 2.91. The maximum absolute atomic E-state index is 2.48. The van der Waals surface area contributed by atoms with Crippen LogP contribution in [0.2, 0.25) is 0 Å². The molecule has 0 saturated carbocycles. The molecule has 1 saturated heterocycles. The van der Waals surface area contributed by atoms with Gasteiger partial charge in [0, 0.05) is 10.7 Å². The molecule has 0 spiro atoms. The molecule has 0 N–H and O–H groups in total. The van der Waals surface area contributed by atoms with Gasteiger partial charge in [-0.05, 0) is 61.7 Å². The second-order valence-corrected chi connectivity index (χ2v) is 6.15. The Bertz CT molecular complexity index is 516. The zero-order valence-electron chi connectivity index (χ0n) is 10.5. The van der Waals surface area contributed by atoms with Crippen molar-refractivity contribution in [3.8, 4) is 0 Å². The van der Waals surface area contributed by atoms with E-state index >= 15 is 0 Å².